The van der Waals surface area contributed by atoms with Crippen LogP contribution in [0.3, 0.4) is 0 Å². The average Bonchev–Trinajstić information content (AvgIpc) is 2.61. The smallest absolute Gasteiger partial charge is 0.169 e. The van der Waals surface area contributed by atoms with Crippen molar-refractivity contribution in [3.63, 3.8) is 0 Å². The van der Waals surface area contributed by atoms with Crippen molar-refractivity contribution in [1.29, 1.82) is 0 Å². The summed E-state index contributed by atoms with van der Waals surface area (Å²) in [5, 5.41) is 13.3. The van der Waals surface area contributed by atoms with Crippen LogP contribution < -0.4 is 14.8 Å². The topological polar surface area (TPSA) is 50.7 Å². The van der Waals surface area contributed by atoms with Gasteiger partial charge in [0.2, 0.25) is 0 Å². The Morgan fingerprint density at radius 1 is 1.26 bits per heavy atom. The molecule has 0 saturated carbocycles. The van der Waals surface area contributed by atoms with Crippen molar-refractivity contribution in [2.75, 3.05) is 20.3 Å². The maximum atomic E-state index is 14.3. The predicted octanol–water partition coefficient (Wildman–Crippen LogP) is 2.59. The summed E-state index contributed by atoms with van der Waals surface area (Å²) in [6.07, 6.45) is 0.617. The van der Waals surface area contributed by atoms with Crippen LogP contribution in [0.2, 0.25) is 0 Å². The molecule has 1 aliphatic rings. The summed E-state index contributed by atoms with van der Waals surface area (Å²) < 4.78 is 25.0. The highest BCUT2D eigenvalue weighted by molar-refractivity contribution is 5.41. The molecular weight excluding hydrogens is 297 g/mol. The summed E-state index contributed by atoms with van der Waals surface area (Å²) in [5.41, 5.74) is 0.767. The fourth-order valence-corrected chi connectivity index (χ4v) is 2.98. The average molecular weight is 317 g/mol. The first-order valence-electron chi connectivity index (χ1n) is 7.60. The Hall–Kier alpha value is -2.11. The molecule has 2 aromatic carbocycles. The van der Waals surface area contributed by atoms with Crippen LogP contribution in [0.1, 0.15) is 17.5 Å². The van der Waals surface area contributed by atoms with Crippen LogP contribution in [-0.4, -0.2) is 25.4 Å². The number of nitrogens with one attached hydrogen (secondary N) is 1. The maximum absolute atomic E-state index is 14.3. The number of aliphatic hydroxyl groups excluding tert-OH is 1. The summed E-state index contributed by atoms with van der Waals surface area (Å²) in [5.74, 6) is 0.595. The molecule has 3 rings (SSSR count). The number of rotatable bonds is 5. The lowest BCUT2D eigenvalue weighted by atomic mass is 9.85. The molecule has 122 valence electrons. The van der Waals surface area contributed by atoms with Crippen molar-refractivity contribution < 1.29 is 19.0 Å². The Kier molecular flexibility index (Phi) is 4.50. The predicted molar refractivity (Wildman–Crippen MR) is 85.1 cm³/mol. The second-order valence-corrected chi connectivity index (χ2v) is 5.62. The number of benzene rings is 2. The van der Waals surface area contributed by atoms with E-state index in [0.717, 1.165) is 11.3 Å². The Labute approximate surface area is 134 Å². The van der Waals surface area contributed by atoms with Gasteiger partial charge in [0.15, 0.2) is 11.6 Å². The molecule has 4 nitrogen and oxygen atoms in total. The first kappa shape index (κ1) is 15.8. The van der Waals surface area contributed by atoms with E-state index in [-0.39, 0.29) is 24.7 Å². The highest BCUT2D eigenvalue weighted by atomic mass is 19.1. The van der Waals surface area contributed by atoms with E-state index in [1.807, 2.05) is 24.3 Å². The van der Waals surface area contributed by atoms with Gasteiger partial charge in [0.05, 0.1) is 25.9 Å². The summed E-state index contributed by atoms with van der Waals surface area (Å²) in [7, 11) is 1.44. The van der Waals surface area contributed by atoms with Crippen LogP contribution >= 0.6 is 0 Å². The van der Waals surface area contributed by atoms with Gasteiger partial charge in [0.25, 0.3) is 0 Å². The minimum atomic E-state index is -0.635. The number of hydrogen-bond acceptors (Lipinski definition) is 4. The molecule has 0 spiro atoms. The van der Waals surface area contributed by atoms with Crippen LogP contribution in [0.5, 0.6) is 11.5 Å². The lowest BCUT2D eigenvalue weighted by molar-refractivity contribution is 0.105. The van der Waals surface area contributed by atoms with Crippen molar-refractivity contribution in [2.24, 2.45) is 0 Å². The van der Waals surface area contributed by atoms with Gasteiger partial charge < -0.3 is 19.9 Å². The zero-order valence-corrected chi connectivity index (χ0v) is 13.0. The highest BCUT2D eigenvalue weighted by Crippen LogP contribution is 2.37. The Balaban J connectivity index is 1.87. The van der Waals surface area contributed by atoms with Gasteiger partial charge in [-0.15, -0.1) is 0 Å². The van der Waals surface area contributed by atoms with Gasteiger partial charge in [-0.05, 0) is 12.1 Å². The van der Waals surface area contributed by atoms with E-state index >= 15 is 0 Å². The minimum absolute atomic E-state index is 0.0844. The molecule has 1 heterocycles. The molecule has 2 N–H and O–H groups in total. The number of aliphatic hydroxyl groups is 1. The molecule has 1 atom stereocenters. The molecular formula is C18H20FNO3. The standard InChI is InChI=1S/C18H20FNO3/c1-22-16-8-4-5-13(17(16)19)11-20-18(12-21)9-10-23-15-7-3-2-6-14(15)18/h2-8,20-21H,9-12H2,1H3. The number of hydrogen-bond donors (Lipinski definition) is 2. The van der Waals surface area contributed by atoms with Gasteiger partial charge in [-0.3, -0.25) is 0 Å². The Bertz CT molecular complexity index is 692. The first-order chi connectivity index (χ1) is 11.2. The van der Waals surface area contributed by atoms with Crippen molar-refractivity contribution in [3.05, 3.63) is 59.4 Å². The highest BCUT2D eigenvalue weighted by Gasteiger charge is 2.36. The van der Waals surface area contributed by atoms with E-state index in [9.17, 15) is 9.50 Å². The van der Waals surface area contributed by atoms with Crippen molar-refractivity contribution in [3.8, 4) is 11.5 Å². The van der Waals surface area contributed by atoms with Gasteiger partial charge in [0.1, 0.15) is 5.75 Å². The summed E-state index contributed by atoms with van der Waals surface area (Å²) in [4.78, 5) is 0. The fourth-order valence-electron chi connectivity index (χ4n) is 2.98. The molecule has 0 aliphatic carbocycles. The molecule has 0 saturated heterocycles. The first-order valence-corrected chi connectivity index (χ1v) is 7.60. The number of methoxy groups -OCH3 is 1. The van der Waals surface area contributed by atoms with E-state index in [2.05, 4.69) is 5.32 Å². The van der Waals surface area contributed by atoms with Crippen molar-refractivity contribution in [2.45, 2.75) is 18.5 Å². The molecule has 2 aromatic rings. The van der Waals surface area contributed by atoms with E-state index in [1.165, 1.54) is 7.11 Å². The number of para-hydroxylation sites is 1. The minimum Gasteiger partial charge on any atom is -0.494 e. The zero-order valence-electron chi connectivity index (χ0n) is 13.0. The van der Waals surface area contributed by atoms with Gasteiger partial charge in [-0.25, -0.2) is 4.39 Å². The van der Waals surface area contributed by atoms with E-state index < -0.39 is 5.54 Å². The van der Waals surface area contributed by atoms with Gasteiger partial charge >= 0.3 is 0 Å². The van der Waals surface area contributed by atoms with Gasteiger partial charge in [-0.2, -0.15) is 0 Å². The lowest BCUT2D eigenvalue weighted by Gasteiger charge is -2.38. The lowest BCUT2D eigenvalue weighted by Crippen LogP contribution is -2.48. The van der Waals surface area contributed by atoms with Gasteiger partial charge in [0, 0.05) is 24.1 Å². The Morgan fingerprint density at radius 2 is 2.09 bits per heavy atom. The molecule has 5 heteroatoms. The largest absolute Gasteiger partial charge is 0.494 e. The molecule has 0 bridgehead atoms. The van der Waals surface area contributed by atoms with E-state index in [4.69, 9.17) is 9.47 Å². The van der Waals surface area contributed by atoms with E-state index in [0.29, 0.717) is 18.6 Å². The summed E-state index contributed by atoms with van der Waals surface area (Å²) >= 11 is 0. The second kappa shape index (κ2) is 6.56. The monoisotopic (exact) mass is 317 g/mol. The molecule has 0 fully saturated rings. The molecule has 0 radical (unpaired) electrons. The molecule has 23 heavy (non-hydrogen) atoms. The molecule has 1 aliphatic heterocycles. The number of fused-ring (bicyclic) bond motifs is 1. The van der Waals surface area contributed by atoms with Crippen molar-refractivity contribution in [1.82, 2.24) is 5.32 Å². The van der Waals surface area contributed by atoms with Crippen LogP contribution in [0, 0.1) is 5.82 Å². The normalized spacial score (nSPS) is 19.8. The molecule has 1 unspecified atom stereocenters. The zero-order chi connectivity index (χ0) is 16.3. The Morgan fingerprint density at radius 3 is 2.87 bits per heavy atom. The third-order valence-corrected chi connectivity index (χ3v) is 4.34. The van der Waals surface area contributed by atoms with Crippen LogP contribution in [-0.2, 0) is 12.1 Å². The SMILES string of the molecule is COc1cccc(CNC2(CO)CCOc3ccccc32)c1F. The van der Waals surface area contributed by atoms with Gasteiger partial charge in [-0.1, -0.05) is 30.3 Å². The third kappa shape index (κ3) is 2.90. The number of halogens is 1. The summed E-state index contributed by atoms with van der Waals surface area (Å²) in [6.45, 7) is 0.710. The third-order valence-electron chi connectivity index (χ3n) is 4.34. The maximum Gasteiger partial charge on any atom is 0.169 e. The summed E-state index contributed by atoms with van der Waals surface area (Å²) in [6, 6.07) is 12.7. The van der Waals surface area contributed by atoms with Crippen molar-refractivity contribution >= 4 is 0 Å². The van der Waals surface area contributed by atoms with E-state index in [1.54, 1.807) is 18.2 Å². The molecule has 0 amide bonds. The number of ether oxygens (including phenoxy) is 2. The fraction of sp³-hybridized carbons (Fsp3) is 0.333. The molecule has 0 aromatic heterocycles. The van der Waals surface area contributed by atoms with Crippen LogP contribution in [0.4, 0.5) is 4.39 Å². The van der Waals surface area contributed by atoms with Crippen LogP contribution in [0.15, 0.2) is 42.5 Å². The quantitative estimate of drug-likeness (QED) is 0.890. The second-order valence-electron chi connectivity index (χ2n) is 5.62. The van der Waals surface area contributed by atoms with Crippen LogP contribution in [0.25, 0.3) is 0 Å².